The van der Waals surface area contributed by atoms with Gasteiger partial charge in [-0.25, -0.2) is 4.98 Å². The third-order valence-electron chi connectivity index (χ3n) is 3.92. The van der Waals surface area contributed by atoms with E-state index in [-0.39, 0.29) is 24.3 Å². The predicted octanol–water partition coefficient (Wildman–Crippen LogP) is 2.20. The van der Waals surface area contributed by atoms with Gasteiger partial charge in [0, 0.05) is 5.56 Å². The van der Waals surface area contributed by atoms with Crippen molar-refractivity contribution in [3.8, 4) is 0 Å². The minimum atomic E-state index is -0.0821. The Hall–Kier alpha value is -3.15. The molecule has 3 aromatic rings. The highest BCUT2D eigenvalue weighted by Crippen LogP contribution is 2.15. The summed E-state index contributed by atoms with van der Waals surface area (Å²) >= 11 is 0. The van der Waals surface area contributed by atoms with Crippen molar-refractivity contribution in [3.05, 3.63) is 66.0 Å². The van der Waals surface area contributed by atoms with Crippen molar-refractivity contribution >= 4 is 22.8 Å². The van der Waals surface area contributed by atoms with Gasteiger partial charge < -0.3 is 15.6 Å². The maximum absolute atomic E-state index is 12.3. The quantitative estimate of drug-likeness (QED) is 0.496. The number of imidazole rings is 1. The number of nitrogens with zero attached hydrogens (tertiary/aromatic N) is 2. The number of fused-ring (bicyclic) bond motifs is 1. The topological polar surface area (TPSA) is 96.8 Å². The van der Waals surface area contributed by atoms with E-state index in [4.69, 9.17) is 11.1 Å². The van der Waals surface area contributed by atoms with Crippen LogP contribution in [0.25, 0.3) is 11.0 Å². The number of nitrogens with two attached hydrogens (primary N) is 1. The first kappa shape index (κ1) is 15.7. The summed E-state index contributed by atoms with van der Waals surface area (Å²) in [6, 6.07) is 15.1. The van der Waals surface area contributed by atoms with E-state index in [2.05, 4.69) is 10.3 Å². The Labute approximate surface area is 139 Å². The van der Waals surface area contributed by atoms with Gasteiger partial charge in [0.2, 0.25) is 5.91 Å². The van der Waals surface area contributed by atoms with Crippen molar-refractivity contribution in [2.75, 3.05) is 0 Å². The first-order valence-corrected chi connectivity index (χ1v) is 7.68. The molecule has 24 heavy (non-hydrogen) atoms. The van der Waals surface area contributed by atoms with E-state index >= 15 is 0 Å². The molecule has 0 aliphatic rings. The summed E-state index contributed by atoms with van der Waals surface area (Å²) in [7, 11) is 0. The van der Waals surface area contributed by atoms with Crippen molar-refractivity contribution in [2.24, 2.45) is 5.73 Å². The second-order valence-corrected chi connectivity index (χ2v) is 5.69. The monoisotopic (exact) mass is 321 g/mol. The number of carbonyl (C=O) groups excluding carboxylic acids is 1. The third kappa shape index (κ3) is 3.27. The van der Waals surface area contributed by atoms with Crippen LogP contribution in [0.15, 0.2) is 54.9 Å². The average molecular weight is 321 g/mol. The van der Waals surface area contributed by atoms with Crippen LogP contribution in [0.1, 0.15) is 24.1 Å². The fraction of sp³-hybridized carbons (Fsp3) is 0.167. The number of amidine groups is 1. The highest BCUT2D eigenvalue weighted by atomic mass is 16.2. The molecule has 0 aliphatic heterocycles. The van der Waals surface area contributed by atoms with Crippen LogP contribution in [-0.4, -0.2) is 21.3 Å². The fourth-order valence-corrected chi connectivity index (χ4v) is 2.62. The molecule has 4 N–H and O–H groups in total. The Morgan fingerprint density at radius 3 is 2.75 bits per heavy atom. The standard InChI is InChI=1S/C18H19N5O/c1-12(13-5-3-2-4-6-13)22-17(24)10-23-11-21-15-9-14(18(19)20)7-8-16(15)23/h2-9,11-12H,10H2,1H3,(H3,19,20)(H,22,24). The number of nitrogen functional groups attached to an aromatic ring is 1. The normalized spacial score (nSPS) is 12.0. The molecule has 6 heteroatoms. The number of rotatable bonds is 5. The van der Waals surface area contributed by atoms with Gasteiger partial charge in [-0.3, -0.25) is 10.2 Å². The van der Waals surface area contributed by atoms with Gasteiger partial charge in [-0.15, -0.1) is 0 Å². The molecule has 1 heterocycles. The zero-order chi connectivity index (χ0) is 17.1. The van der Waals surface area contributed by atoms with Crippen LogP contribution in [-0.2, 0) is 11.3 Å². The van der Waals surface area contributed by atoms with Gasteiger partial charge in [0.1, 0.15) is 12.4 Å². The second-order valence-electron chi connectivity index (χ2n) is 5.69. The number of nitrogens with one attached hydrogen (secondary N) is 2. The molecule has 0 fully saturated rings. The average Bonchev–Trinajstić information content (AvgIpc) is 2.97. The molecule has 0 spiro atoms. The summed E-state index contributed by atoms with van der Waals surface area (Å²) < 4.78 is 1.78. The van der Waals surface area contributed by atoms with Crippen LogP contribution in [0.3, 0.4) is 0 Å². The van der Waals surface area contributed by atoms with Crippen molar-refractivity contribution < 1.29 is 4.79 Å². The molecule has 1 atom stereocenters. The van der Waals surface area contributed by atoms with Crippen LogP contribution >= 0.6 is 0 Å². The van der Waals surface area contributed by atoms with Crippen molar-refractivity contribution in [1.82, 2.24) is 14.9 Å². The van der Waals surface area contributed by atoms with Crippen molar-refractivity contribution in [3.63, 3.8) is 0 Å². The van der Waals surface area contributed by atoms with Gasteiger partial charge in [-0.05, 0) is 30.7 Å². The minimum absolute atomic E-state index is 0.000814. The van der Waals surface area contributed by atoms with Gasteiger partial charge in [-0.1, -0.05) is 30.3 Å². The summed E-state index contributed by atoms with van der Waals surface area (Å²) in [4.78, 5) is 16.6. The molecule has 0 aliphatic carbocycles. The number of hydrogen-bond acceptors (Lipinski definition) is 3. The molecule has 1 unspecified atom stereocenters. The Kier molecular flexibility index (Phi) is 4.29. The third-order valence-corrected chi connectivity index (χ3v) is 3.92. The zero-order valence-electron chi connectivity index (χ0n) is 13.4. The highest BCUT2D eigenvalue weighted by molar-refractivity contribution is 5.98. The van der Waals surface area contributed by atoms with Gasteiger partial charge in [0.15, 0.2) is 0 Å². The van der Waals surface area contributed by atoms with Crippen LogP contribution in [0, 0.1) is 5.41 Å². The summed E-state index contributed by atoms with van der Waals surface area (Å²) in [6.07, 6.45) is 1.63. The molecule has 0 saturated heterocycles. The van der Waals surface area contributed by atoms with E-state index in [0.29, 0.717) is 11.1 Å². The van der Waals surface area contributed by atoms with E-state index < -0.39 is 0 Å². The fourth-order valence-electron chi connectivity index (χ4n) is 2.62. The maximum Gasteiger partial charge on any atom is 0.240 e. The Bertz CT molecular complexity index is 885. The van der Waals surface area contributed by atoms with Crippen molar-refractivity contribution in [2.45, 2.75) is 19.5 Å². The zero-order valence-corrected chi connectivity index (χ0v) is 13.4. The Balaban J connectivity index is 1.73. The first-order valence-electron chi connectivity index (χ1n) is 7.68. The summed E-state index contributed by atoms with van der Waals surface area (Å²) in [5, 5.41) is 10.5. The molecule has 3 rings (SSSR count). The lowest BCUT2D eigenvalue weighted by atomic mass is 10.1. The summed E-state index contributed by atoms with van der Waals surface area (Å²) in [5.74, 6) is -0.0813. The first-order chi connectivity index (χ1) is 11.5. The molecule has 1 amide bonds. The second kappa shape index (κ2) is 6.54. The lowest BCUT2D eigenvalue weighted by Crippen LogP contribution is -2.29. The lowest BCUT2D eigenvalue weighted by molar-refractivity contribution is -0.122. The van der Waals surface area contributed by atoms with Gasteiger partial charge >= 0.3 is 0 Å². The summed E-state index contributed by atoms with van der Waals surface area (Å²) in [5.41, 5.74) is 8.72. The molecule has 0 bridgehead atoms. The smallest absolute Gasteiger partial charge is 0.240 e. The molecule has 2 aromatic carbocycles. The molecule has 122 valence electrons. The highest BCUT2D eigenvalue weighted by Gasteiger charge is 2.12. The number of benzene rings is 2. The van der Waals surface area contributed by atoms with Gasteiger partial charge in [0.05, 0.1) is 23.4 Å². The van der Waals surface area contributed by atoms with Crippen LogP contribution in [0.4, 0.5) is 0 Å². The number of amides is 1. The Morgan fingerprint density at radius 1 is 1.29 bits per heavy atom. The molecular formula is C18H19N5O. The molecular weight excluding hydrogens is 302 g/mol. The van der Waals surface area contributed by atoms with Gasteiger partial charge in [-0.2, -0.15) is 0 Å². The molecule has 0 saturated carbocycles. The molecule has 1 aromatic heterocycles. The predicted molar refractivity (Wildman–Crippen MR) is 93.7 cm³/mol. The van der Waals surface area contributed by atoms with E-state index in [0.717, 1.165) is 11.1 Å². The molecule has 0 radical (unpaired) electrons. The lowest BCUT2D eigenvalue weighted by Gasteiger charge is -2.14. The molecule has 6 nitrogen and oxygen atoms in total. The van der Waals surface area contributed by atoms with Gasteiger partial charge in [0.25, 0.3) is 0 Å². The van der Waals surface area contributed by atoms with Crippen molar-refractivity contribution in [1.29, 1.82) is 5.41 Å². The summed E-state index contributed by atoms with van der Waals surface area (Å²) in [6.45, 7) is 2.14. The van der Waals surface area contributed by atoms with Crippen LogP contribution in [0.2, 0.25) is 0 Å². The van der Waals surface area contributed by atoms with E-state index in [1.807, 2.05) is 43.3 Å². The van der Waals surface area contributed by atoms with Crippen LogP contribution in [0.5, 0.6) is 0 Å². The minimum Gasteiger partial charge on any atom is -0.384 e. The van der Waals surface area contributed by atoms with E-state index in [1.165, 1.54) is 0 Å². The number of hydrogen-bond donors (Lipinski definition) is 3. The SMILES string of the molecule is CC(NC(=O)Cn1cnc2cc(C(=N)N)ccc21)c1ccccc1. The van der Waals surface area contributed by atoms with E-state index in [9.17, 15) is 4.79 Å². The Morgan fingerprint density at radius 2 is 2.04 bits per heavy atom. The van der Waals surface area contributed by atoms with Crippen LogP contribution < -0.4 is 11.1 Å². The number of carbonyl (C=O) groups is 1. The van der Waals surface area contributed by atoms with E-state index in [1.54, 1.807) is 23.0 Å². The maximum atomic E-state index is 12.3. The number of aromatic nitrogens is 2. The largest absolute Gasteiger partial charge is 0.384 e.